The molecule has 1 aromatic heterocycles. The number of benzene rings is 2. The van der Waals surface area contributed by atoms with Crippen molar-refractivity contribution in [3.05, 3.63) is 48.0 Å². The minimum Gasteiger partial charge on any atom is -0.508 e. The van der Waals surface area contributed by atoms with Crippen molar-refractivity contribution in [1.82, 2.24) is 10.2 Å². The molecule has 0 fully saturated rings. The van der Waals surface area contributed by atoms with Gasteiger partial charge in [-0.25, -0.2) is 0 Å². The van der Waals surface area contributed by atoms with E-state index < -0.39 is 0 Å². The summed E-state index contributed by atoms with van der Waals surface area (Å²) in [7, 11) is 0. The van der Waals surface area contributed by atoms with Crippen molar-refractivity contribution in [2.24, 2.45) is 0 Å². The number of nitrogens with zero attached hydrogens (tertiary/aromatic N) is 2. The average Bonchev–Trinajstić information content (AvgIpc) is 2.89. The number of aromatic nitrogens is 2. The first kappa shape index (κ1) is 12.6. The minimum absolute atomic E-state index is 0.00314. The molecule has 0 aliphatic rings. The molecular weight excluding hydrogens is 272 g/mol. The van der Waals surface area contributed by atoms with Crippen LogP contribution >= 0.6 is 11.3 Å². The molecule has 0 radical (unpaired) electrons. The zero-order valence-electron chi connectivity index (χ0n) is 10.7. The number of phenolic OH excluding ortho intramolecular Hbond substituents is 2. The van der Waals surface area contributed by atoms with E-state index in [1.165, 1.54) is 29.0 Å². The zero-order valence-corrected chi connectivity index (χ0v) is 11.6. The molecule has 0 bridgehead atoms. The number of aromatic hydroxyl groups is 2. The lowest BCUT2D eigenvalue weighted by Crippen LogP contribution is -1.79. The quantitative estimate of drug-likeness (QED) is 0.754. The maximum atomic E-state index is 9.84. The number of aryl methyl sites for hydroxylation is 1. The standard InChI is InChI=1S/C15H12N2O2S/c1-9-2-4-10(5-3-9)14-16-17-15(20-14)12-7-6-11(18)8-13(12)19/h2-8,18-19H,1H3. The fourth-order valence-corrected chi connectivity index (χ4v) is 2.73. The van der Waals surface area contributed by atoms with Crippen LogP contribution in [-0.4, -0.2) is 20.4 Å². The number of hydrogen-bond donors (Lipinski definition) is 2. The molecule has 1 heterocycles. The van der Waals surface area contributed by atoms with Crippen LogP contribution in [0.3, 0.4) is 0 Å². The summed E-state index contributed by atoms with van der Waals surface area (Å²) in [5, 5.41) is 28.8. The summed E-state index contributed by atoms with van der Waals surface area (Å²) in [6.07, 6.45) is 0. The fraction of sp³-hybridized carbons (Fsp3) is 0.0667. The molecule has 5 heteroatoms. The van der Waals surface area contributed by atoms with Crippen molar-refractivity contribution in [2.45, 2.75) is 6.92 Å². The predicted octanol–water partition coefficient (Wildman–Crippen LogP) is 3.59. The predicted molar refractivity (Wildman–Crippen MR) is 78.8 cm³/mol. The third-order valence-electron chi connectivity index (χ3n) is 2.94. The van der Waals surface area contributed by atoms with Gasteiger partial charge in [0.15, 0.2) is 5.01 Å². The zero-order chi connectivity index (χ0) is 14.1. The van der Waals surface area contributed by atoms with E-state index >= 15 is 0 Å². The highest BCUT2D eigenvalue weighted by molar-refractivity contribution is 7.18. The van der Waals surface area contributed by atoms with E-state index in [1.807, 2.05) is 31.2 Å². The molecule has 0 aliphatic heterocycles. The van der Waals surface area contributed by atoms with E-state index in [2.05, 4.69) is 10.2 Å². The van der Waals surface area contributed by atoms with Crippen molar-refractivity contribution < 1.29 is 10.2 Å². The first-order valence-corrected chi connectivity index (χ1v) is 6.88. The third-order valence-corrected chi connectivity index (χ3v) is 3.94. The molecule has 0 saturated heterocycles. The first-order chi connectivity index (χ1) is 9.63. The summed E-state index contributed by atoms with van der Waals surface area (Å²) in [5.41, 5.74) is 2.76. The van der Waals surface area contributed by atoms with E-state index in [0.29, 0.717) is 10.6 Å². The van der Waals surface area contributed by atoms with Crippen LogP contribution in [0.15, 0.2) is 42.5 Å². The summed E-state index contributed by atoms with van der Waals surface area (Å²) >= 11 is 1.40. The van der Waals surface area contributed by atoms with E-state index in [4.69, 9.17) is 0 Å². The largest absolute Gasteiger partial charge is 0.508 e. The van der Waals surface area contributed by atoms with Gasteiger partial charge in [0, 0.05) is 11.6 Å². The highest BCUT2D eigenvalue weighted by Gasteiger charge is 2.12. The Balaban J connectivity index is 1.99. The topological polar surface area (TPSA) is 66.2 Å². The minimum atomic E-state index is -0.00314. The van der Waals surface area contributed by atoms with Crippen LogP contribution in [0.1, 0.15) is 5.56 Å². The van der Waals surface area contributed by atoms with E-state index in [0.717, 1.165) is 10.6 Å². The summed E-state index contributed by atoms with van der Waals surface area (Å²) in [6.45, 7) is 2.03. The van der Waals surface area contributed by atoms with Crippen LogP contribution in [-0.2, 0) is 0 Å². The molecule has 0 unspecified atom stereocenters. The van der Waals surface area contributed by atoms with Gasteiger partial charge in [-0.3, -0.25) is 0 Å². The molecule has 0 spiro atoms. The van der Waals surface area contributed by atoms with Gasteiger partial charge in [0.1, 0.15) is 16.5 Å². The van der Waals surface area contributed by atoms with Crippen LogP contribution in [0.2, 0.25) is 0 Å². The van der Waals surface area contributed by atoms with Gasteiger partial charge in [-0.05, 0) is 19.1 Å². The van der Waals surface area contributed by atoms with Crippen molar-refractivity contribution >= 4 is 11.3 Å². The highest BCUT2D eigenvalue weighted by Crippen LogP contribution is 2.36. The first-order valence-electron chi connectivity index (χ1n) is 6.06. The Kier molecular flexibility index (Phi) is 3.12. The Morgan fingerprint density at radius 3 is 2.30 bits per heavy atom. The Morgan fingerprint density at radius 2 is 1.60 bits per heavy atom. The lowest BCUT2D eigenvalue weighted by molar-refractivity contribution is 0.452. The van der Waals surface area contributed by atoms with Gasteiger partial charge in [0.05, 0.1) is 5.56 Å². The number of phenols is 2. The molecule has 100 valence electrons. The molecule has 20 heavy (non-hydrogen) atoms. The summed E-state index contributed by atoms with van der Waals surface area (Å²) < 4.78 is 0. The summed E-state index contributed by atoms with van der Waals surface area (Å²) in [4.78, 5) is 0. The van der Waals surface area contributed by atoms with Crippen LogP contribution in [0, 0.1) is 6.92 Å². The molecule has 0 amide bonds. The summed E-state index contributed by atoms with van der Waals surface area (Å²) in [6, 6.07) is 12.5. The van der Waals surface area contributed by atoms with Gasteiger partial charge in [0.2, 0.25) is 0 Å². The lowest BCUT2D eigenvalue weighted by atomic mass is 10.2. The molecule has 0 saturated carbocycles. The van der Waals surface area contributed by atoms with Crippen LogP contribution in [0.5, 0.6) is 11.5 Å². The van der Waals surface area contributed by atoms with Crippen molar-refractivity contribution in [1.29, 1.82) is 0 Å². The normalized spacial score (nSPS) is 10.7. The van der Waals surface area contributed by atoms with Crippen molar-refractivity contribution in [3.63, 3.8) is 0 Å². The molecule has 3 rings (SSSR count). The maximum absolute atomic E-state index is 9.84. The third kappa shape index (κ3) is 2.35. The summed E-state index contributed by atoms with van der Waals surface area (Å²) in [5.74, 6) is 0.0196. The molecule has 0 atom stereocenters. The number of rotatable bonds is 2. The molecular formula is C15H12N2O2S. The Morgan fingerprint density at radius 1 is 0.900 bits per heavy atom. The van der Waals surface area contributed by atoms with Gasteiger partial charge < -0.3 is 10.2 Å². The van der Waals surface area contributed by atoms with Gasteiger partial charge in [-0.1, -0.05) is 41.2 Å². The van der Waals surface area contributed by atoms with Gasteiger partial charge in [0.25, 0.3) is 0 Å². The average molecular weight is 284 g/mol. The van der Waals surface area contributed by atoms with Crippen LogP contribution in [0.25, 0.3) is 21.1 Å². The van der Waals surface area contributed by atoms with Gasteiger partial charge >= 0.3 is 0 Å². The van der Waals surface area contributed by atoms with Gasteiger partial charge in [-0.2, -0.15) is 0 Å². The molecule has 2 N–H and O–H groups in total. The molecule has 3 aromatic rings. The molecule has 4 nitrogen and oxygen atoms in total. The smallest absolute Gasteiger partial charge is 0.151 e. The van der Waals surface area contributed by atoms with Gasteiger partial charge in [-0.15, -0.1) is 10.2 Å². The lowest BCUT2D eigenvalue weighted by Gasteiger charge is -2.00. The van der Waals surface area contributed by atoms with E-state index in [9.17, 15) is 10.2 Å². The highest BCUT2D eigenvalue weighted by atomic mass is 32.1. The second-order valence-corrected chi connectivity index (χ2v) is 5.46. The number of hydrogen-bond acceptors (Lipinski definition) is 5. The van der Waals surface area contributed by atoms with E-state index in [1.54, 1.807) is 6.07 Å². The second-order valence-electron chi connectivity index (χ2n) is 4.48. The van der Waals surface area contributed by atoms with E-state index in [-0.39, 0.29) is 11.5 Å². The Labute approximate surface area is 120 Å². The van der Waals surface area contributed by atoms with Crippen molar-refractivity contribution in [2.75, 3.05) is 0 Å². The maximum Gasteiger partial charge on any atom is 0.151 e. The Hall–Kier alpha value is -2.40. The SMILES string of the molecule is Cc1ccc(-c2nnc(-c3ccc(O)cc3O)s2)cc1. The fourth-order valence-electron chi connectivity index (χ4n) is 1.85. The van der Waals surface area contributed by atoms with Crippen LogP contribution < -0.4 is 0 Å². The van der Waals surface area contributed by atoms with Crippen molar-refractivity contribution in [3.8, 4) is 32.6 Å². The monoisotopic (exact) mass is 284 g/mol. The molecule has 0 aliphatic carbocycles. The van der Waals surface area contributed by atoms with Crippen LogP contribution in [0.4, 0.5) is 0 Å². The molecule has 2 aromatic carbocycles. The Bertz CT molecular complexity index is 751. The second kappa shape index (κ2) is 4.94.